The summed E-state index contributed by atoms with van der Waals surface area (Å²) in [6.45, 7) is 8.36. The molecule has 0 saturated carbocycles. The maximum Gasteiger partial charge on any atom is 0.251 e. The Morgan fingerprint density at radius 1 is 0.960 bits per heavy atom. The van der Waals surface area contributed by atoms with Crippen molar-refractivity contribution in [2.24, 2.45) is 0 Å². The maximum absolute atomic E-state index is 12.1. The van der Waals surface area contributed by atoms with Crippen molar-refractivity contribution >= 4 is 12.0 Å². The fourth-order valence-corrected chi connectivity index (χ4v) is 3.56. The van der Waals surface area contributed by atoms with Crippen molar-refractivity contribution in [3.63, 3.8) is 0 Å². The quantitative estimate of drug-likeness (QED) is 0.507. The minimum absolute atomic E-state index is 0.0572. The van der Waals surface area contributed by atoms with E-state index in [9.17, 15) is 4.79 Å². The van der Waals surface area contributed by atoms with E-state index in [1.54, 1.807) is 0 Å². The number of H-pyrrole nitrogens is 1. The lowest BCUT2D eigenvalue weighted by Gasteiger charge is -2.07. The Balaban J connectivity index is 1.88. The number of unbranched alkanes of at least 4 members (excludes halogenated alkanes) is 7. The second kappa shape index (κ2) is 9.65. The van der Waals surface area contributed by atoms with Crippen molar-refractivity contribution in [3.8, 4) is 0 Å². The Labute approximate surface area is 153 Å². The molecule has 1 amide bonds. The number of carbonyl (C=O) groups is 1. The molecule has 0 aliphatic carbocycles. The molecule has 0 aromatic carbocycles. The highest BCUT2D eigenvalue weighted by atomic mass is 16.1. The largest absolute Gasteiger partial charge is 0.359 e. The SMILES string of the molecule is CCCCCCCCCCC1=C(C)C(=O)N/C1=C\c1[nH]c(C)cc1C. The molecule has 0 atom stereocenters. The number of aryl methyl sites for hydroxylation is 2. The first-order chi connectivity index (χ1) is 12.0. The Kier molecular flexibility index (Phi) is 7.54. The van der Waals surface area contributed by atoms with Crippen LogP contribution in [0.5, 0.6) is 0 Å². The van der Waals surface area contributed by atoms with Gasteiger partial charge in [0.15, 0.2) is 0 Å². The monoisotopic (exact) mass is 342 g/mol. The molecule has 1 aromatic rings. The molecular weight excluding hydrogens is 308 g/mol. The van der Waals surface area contributed by atoms with Gasteiger partial charge in [-0.15, -0.1) is 0 Å². The van der Waals surface area contributed by atoms with E-state index in [4.69, 9.17) is 0 Å². The molecule has 0 saturated heterocycles. The van der Waals surface area contributed by atoms with E-state index >= 15 is 0 Å². The highest BCUT2D eigenvalue weighted by Gasteiger charge is 2.23. The number of nitrogens with one attached hydrogen (secondary N) is 2. The smallest absolute Gasteiger partial charge is 0.251 e. The molecule has 1 aromatic heterocycles. The van der Waals surface area contributed by atoms with E-state index in [-0.39, 0.29) is 5.91 Å². The number of aromatic nitrogens is 1. The van der Waals surface area contributed by atoms with Gasteiger partial charge in [-0.1, -0.05) is 51.9 Å². The van der Waals surface area contributed by atoms with Crippen molar-refractivity contribution < 1.29 is 4.79 Å². The molecule has 0 bridgehead atoms. The summed E-state index contributed by atoms with van der Waals surface area (Å²) < 4.78 is 0. The molecule has 138 valence electrons. The average Bonchev–Trinajstić information content (AvgIpc) is 3.02. The first kappa shape index (κ1) is 19.6. The molecule has 1 aliphatic rings. The van der Waals surface area contributed by atoms with Gasteiger partial charge >= 0.3 is 0 Å². The van der Waals surface area contributed by atoms with E-state index < -0.39 is 0 Å². The second-order valence-electron chi connectivity index (χ2n) is 7.39. The minimum atomic E-state index is 0.0572. The summed E-state index contributed by atoms with van der Waals surface area (Å²) >= 11 is 0. The summed E-state index contributed by atoms with van der Waals surface area (Å²) in [7, 11) is 0. The minimum Gasteiger partial charge on any atom is -0.359 e. The number of hydrogen-bond donors (Lipinski definition) is 2. The molecule has 0 unspecified atom stereocenters. The molecule has 0 fully saturated rings. The zero-order valence-electron chi connectivity index (χ0n) is 16.4. The molecule has 0 spiro atoms. The maximum atomic E-state index is 12.1. The van der Waals surface area contributed by atoms with Gasteiger partial charge < -0.3 is 10.3 Å². The van der Waals surface area contributed by atoms with Gasteiger partial charge in [0.25, 0.3) is 5.91 Å². The Morgan fingerprint density at radius 2 is 1.60 bits per heavy atom. The third-order valence-corrected chi connectivity index (χ3v) is 5.13. The van der Waals surface area contributed by atoms with Gasteiger partial charge in [-0.3, -0.25) is 4.79 Å². The topological polar surface area (TPSA) is 44.9 Å². The van der Waals surface area contributed by atoms with Crippen LogP contribution in [-0.2, 0) is 4.79 Å². The van der Waals surface area contributed by atoms with Crippen molar-refractivity contribution in [2.45, 2.75) is 85.5 Å². The summed E-state index contributed by atoms with van der Waals surface area (Å²) in [5.74, 6) is 0.0572. The second-order valence-corrected chi connectivity index (χ2v) is 7.39. The van der Waals surface area contributed by atoms with E-state index in [1.807, 2.05) is 6.92 Å². The standard InChI is InChI=1S/C22H34N2O/c1-5-6-7-8-9-10-11-12-13-19-18(4)22(25)24-21(19)15-20-16(2)14-17(3)23-20/h14-15,23H,5-13H2,1-4H3,(H,24,25)/b21-15-. The predicted molar refractivity (Wildman–Crippen MR) is 106 cm³/mol. The van der Waals surface area contributed by atoms with Crippen molar-refractivity contribution in [3.05, 3.63) is 39.9 Å². The predicted octanol–water partition coefficient (Wildman–Crippen LogP) is 5.95. The Hall–Kier alpha value is -1.77. The van der Waals surface area contributed by atoms with Gasteiger partial charge in [0, 0.05) is 22.7 Å². The van der Waals surface area contributed by atoms with Crippen LogP contribution in [0.2, 0.25) is 0 Å². The normalized spacial score (nSPS) is 16.2. The third kappa shape index (κ3) is 5.62. The highest BCUT2D eigenvalue weighted by molar-refractivity contribution is 6.00. The number of allylic oxidation sites excluding steroid dienone is 1. The van der Waals surface area contributed by atoms with Gasteiger partial charge in [-0.2, -0.15) is 0 Å². The molecule has 3 nitrogen and oxygen atoms in total. The van der Waals surface area contributed by atoms with Gasteiger partial charge in [-0.25, -0.2) is 0 Å². The van der Waals surface area contributed by atoms with Gasteiger partial charge in [0.1, 0.15) is 0 Å². The van der Waals surface area contributed by atoms with Crippen molar-refractivity contribution in [1.29, 1.82) is 0 Å². The molecule has 2 heterocycles. The van der Waals surface area contributed by atoms with Crippen LogP contribution in [0.3, 0.4) is 0 Å². The van der Waals surface area contributed by atoms with E-state index in [0.29, 0.717) is 0 Å². The fraction of sp³-hybridized carbons (Fsp3) is 0.591. The fourth-order valence-electron chi connectivity index (χ4n) is 3.56. The number of carbonyl (C=O) groups excluding carboxylic acids is 1. The number of amides is 1. The van der Waals surface area contributed by atoms with Crippen molar-refractivity contribution in [2.75, 3.05) is 0 Å². The van der Waals surface area contributed by atoms with Gasteiger partial charge in [0.05, 0.1) is 0 Å². The van der Waals surface area contributed by atoms with Gasteiger partial charge in [-0.05, 0) is 56.9 Å². The third-order valence-electron chi connectivity index (χ3n) is 5.13. The Morgan fingerprint density at radius 3 is 2.20 bits per heavy atom. The van der Waals surface area contributed by atoms with Crippen LogP contribution < -0.4 is 5.32 Å². The first-order valence-electron chi connectivity index (χ1n) is 9.92. The summed E-state index contributed by atoms with van der Waals surface area (Å²) in [5, 5.41) is 3.04. The lowest BCUT2D eigenvalue weighted by molar-refractivity contribution is -0.116. The molecule has 2 rings (SSSR count). The molecule has 0 radical (unpaired) electrons. The molecule has 2 N–H and O–H groups in total. The highest BCUT2D eigenvalue weighted by Crippen LogP contribution is 2.28. The summed E-state index contributed by atoms with van der Waals surface area (Å²) in [5.41, 5.74) is 6.53. The van der Waals surface area contributed by atoms with Crippen LogP contribution >= 0.6 is 0 Å². The number of aromatic amines is 1. The van der Waals surface area contributed by atoms with Gasteiger partial charge in [0.2, 0.25) is 0 Å². The Bertz CT molecular complexity index is 649. The van der Waals surface area contributed by atoms with Crippen LogP contribution in [0.25, 0.3) is 6.08 Å². The average molecular weight is 343 g/mol. The van der Waals surface area contributed by atoms with Crippen LogP contribution in [0.1, 0.15) is 88.6 Å². The summed E-state index contributed by atoms with van der Waals surface area (Å²) in [4.78, 5) is 15.5. The zero-order valence-corrected chi connectivity index (χ0v) is 16.4. The summed E-state index contributed by atoms with van der Waals surface area (Å²) in [6, 6.07) is 2.14. The molecule has 3 heteroatoms. The molecular formula is C22H34N2O. The lowest BCUT2D eigenvalue weighted by atomic mass is 10.00. The van der Waals surface area contributed by atoms with E-state index in [2.05, 4.69) is 43.2 Å². The zero-order chi connectivity index (χ0) is 18.2. The number of rotatable bonds is 10. The van der Waals surface area contributed by atoms with E-state index in [0.717, 1.165) is 35.5 Å². The van der Waals surface area contributed by atoms with Crippen LogP contribution in [0, 0.1) is 13.8 Å². The lowest BCUT2D eigenvalue weighted by Crippen LogP contribution is -2.15. The molecule has 25 heavy (non-hydrogen) atoms. The molecule has 1 aliphatic heterocycles. The van der Waals surface area contributed by atoms with E-state index in [1.165, 1.54) is 56.1 Å². The van der Waals surface area contributed by atoms with Crippen molar-refractivity contribution in [1.82, 2.24) is 10.3 Å². The van der Waals surface area contributed by atoms with Crippen LogP contribution in [0.4, 0.5) is 0 Å². The van der Waals surface area contributed by atoms with Crippen LogP contribution in [0.15, 0.2) is 22.9 Å². The number of hydrogen-bond acceptors (Lipinski definition) is 1. The van der Waals surface area contributed by atoms with Crippen LogP contribution in [-0.4, -0.2) is 10.9 Å². The first-order valence-corrected chi connectivity index (χ1v) is 9.92. The summed E-state index contributed by atoms with van der Waals surface area (Å²) in [6.07, 6.45) is 13.6.